The van der Waals surface area contributed by atoms with Gasteiger partial charge in [-0.25, -0.2) is 4.98 Å². The number of piperazine rings is 1. The number of hydrogen-bond donors (Lipinski definition) is 1. The first-order valence-corrected chi connectivity index (χ1v) is 12.8. The lowest BCUT2D eigenvalue weighted by Crippen LogP contribution is -2.58. The lowest BCUT2D eigenvalue weighted by Gasteiger charge is -2.45. The summed E-state index contributed by atoms with van der Waals surface area (Å²) in [5, 5.41) is 14.2. The van der Waals surface area contributed by atoms with E-state index in [9.17, 15) is 0 Å². The molecule has 0 aliphatic carbocycles. The van der Waals surface area contributed by atoms with E-state index in [1.807, 2.05) is 36.4 Å². The van der Waals surface area contributed by atoms with Gasteiger partial charge in [-0.05, 0) is 54.5 Å². The van der Waals surface area contributed by atoms with E-state index in [-0.39, 0.29) is 12.1 Å². The Balaban J connectivity index is 1.31. The molecule has 5 rings (SSSR count). The van der Waals surface area contributed by atoms with Crippen LogP contribution >= 0.6 is 12.2 Å². The Kier molecular flexibility index (Phi) is 7.45. The molecule has 11 heteroatoms. The number of methoxy groups -OCH3 is 2. The van der Waals surface area contributed by atoms with Crippen molar-refractivity contribution < 1.29 is 9.47 Å². The maximum Gasteiger partial charge on any atom is 0.319 e. The van der Waals surface area contributed by atoms with Gasteiger partial charge in [0.05, 0.1) is 31.3 Å². The summed E-state index contributed by atoms with van der Waals surface area (Å²) in [5.74, 6) is 1.57. The van der Waals surface area contributed by atoms with Crippen LogP contribution in [-0.2, 0) is 0 Å². The number of aromatic nitrogens is 5. The lowest BCUT2D eigenvalue weighted by molar-refractivity contribution is 0.227. The van der Waals surface area contributed by atoms with Crippen molar-refractivity contribution in [1.82, 2.24) is 30.0 Å². The molecule has 3 aromatic heterocycles. The second-order valence-electron chi connectivity index (χ2n) is 9.31. The zero-order chi connectivity index (χ0) is 26.6. The average Bonchev–Trinajstić information content (AvgIpc) is 2.96. The van der Waals surface area contributed by atoms with Crippen LogP contribution in [0.15, 0.2) is 54.9 Å². The number of fused-ring (bicyclic) bond motifs is 1. The molecule has 1 unspecified atom stereocenters. The number of thiocarbonyl (C=S) groups is 1. The summed E-state index contributed by atoms with van der Waals surface area (Å²) in [6.45, 7) is 6.75. The highest BCUT2D eigenvalue weighted by atomic mass is 32.1. The van der Waals surface area contributed by atoms with Crippen LogP contribution in [0.5, 0.6) is 11.9 Å². The molecule has 0 bridgehead atoms. The van der Waals surface area contributed by atoms with Gasteiger partial charge in [0.1, 0.15) is 5.69 Å². The highest BCUT2D eigenvalue weighted by Gasteiger charge is 2.32. The molecule has 0 amide bonds. The summed E-state index contributed by atoms with van der Waals surface area (Å²) in [7, 11) is 3.06. The molecule has 1 aliphatic rings. The summed E-state index contributed by atoms with van der Waals surface area (Å²) in [5.41, 5.74) is 3.18. The third kappa shape index (κ3) is 5.14. The van der Waals surface area contributed by atoms with E-state index >= 15 is 0 Å². The Bertz CT molecular complexity index is 1430. The monoisotopic (exact) mass is 530 g/mol. The Morgan fingerprint density at radius 2 is 1.89 bits per heavy atom. The maximum atomic E-state index is 5.90. The van der Waals surface area contributed by atoms with Crippen molar-refractivity contribution >= 4 is 39.7 Å². The fourth-order valence-corrected chi connectivity index (χ4v) is 4.99. The van der Waals surface area contributed by atoms with Gasteiger partial charge in [0, 0.05) is 43.1 Å². The van der Waals surface area contributed by atoms with E-state index in [1.54, 1.807) is 19.5 Å². The molecule has 4 heterocycles. The predicted molar refractivity (Wildman–Crippen MR) is 152 cm³/mol. The van der Waals surface area contributed by atoms with Crippen molar-refractivity contribution in [2.45, 2.75) is 19.9 Å². The number of ether oxygens (including phenoxy) is 2. The molecule has 1 N–H and O–H groups in total. The van der Waals surface area contributed by atoms with Gasteiger partial charge in [-0.1, -0.05) is 19.9 Å². The standard InChI is InChI=1S/C27H30N8O2S/c1-17(2)23-16-34(24-11-10-22(32-33-24)19-15-29-26(37-4)31-25(19)36-3)13-14-35(23)27(38)30-21-9-5-8-20-18(21)7-6-12-28-20/h5-12,15,17,23H,13-14,16H2,1-4H3,(H,30,38). The fourth-order valence-electron chi connectivity index (χ4n) is 4.66. The number of nitrogens with one attached hydrogen (secondary N) is 1. The second kappa shape index (κ2) is 11.1. The number of pyridine rings is 1. The van der Waals surface area contributed by atoms with Crippen molar-refractivity contribution in [2.75, 3.05) is 44.1 Å². The number of rotatable bonds is 6. The van der Waals surface area contributed by atoms with Crippen LogP contribution in [0.2, 0.25) is 0 Å². The van der Waals surface area contributed by atoms with Crippen LogP contribution in [0.3, 0.4) is 0 Å². The molecule has 0 saturated carbocycles. The summed E-state index contributed by atoms with van der Waals surface area (Å²) in [6, 6.07) is 14.4. The predicted octanol–water partition coefficient (Wildman–Crippen LogP) is 4.04. The zero-order valence-corrected chi connectivity index (χ0v) is 22.6. The quantitative estimate of drug-likeness (QED) is 0.366. The molecule has 196 valence electrons. The van der Waals surface area contributed by atoms with Crippen molar-refractivity contribution in [3.63, 3.8) is 0 Å². The fraction of sp³-hybridized carbons (Fsp3) is 0.333. The van der Waals surface area contributed by atoms with Crippen LogP contribution in [0.25, 0.3) is 22.2 Å². The minimum Gasteiger partial charge on any atom is -0.480 e. The Morgan fingerprint density at radius 3 is 2.63 bits per heavy atom. The summed E-state index contributed by atoms with van der Waals surface area (Å²) < 4.78 is 10.5. The van der Waals surface area contributed by atoms with Gasteiger partial charge in [0.2, 0.25) is 5.88 Å². The summed E-state index contributed by atoms with van der Waals surface area (Å²) >= 11 is 5.90. The molecule has 1 atom stereocenters. The third-order valence-electron chi connectivity index (χ3n) is 6.69. The van der Waals surface area contributed by atoms with Crippen molar-refractivity contribution in [2.24, 2.45) is 5.92 Å². The van der Waals surface area contributed by atoms with Crippen molar-refractivity contribution in [3.8, 4) is 23.1 Å². The van der Waals surface area contributed by atoms with E-state index in [2.05, 4.69) is 60.2 Å². The van der Waals surface area contributed by atoms with Gasteiger partial charge >= 0.3 is 6.01 Å². The highest BCUT2D eigenvalue weighted by Crippen LogP contribution is 2.29. The van der Waals surface area contributed by atoms with Crippen LogP contribution in [0.1, 0.15) is 13.8 Å². The van der Waals surface area contributed by atoms with Gasteiger partial charge in [0.25, 0.3) is 0 Å². The Morgan fingerprint density at radius 1 is 1.03 bits per heavy atom. The number of benzene rings is 1. The van der Waals surface area contributed by atoms with Crippen LogP contribution in [-0.4, -0.2) is 75.1 Å². The van der Waals surface area contributed by atoms with Crippen LogP contribution in [0.4, 0.5) is 11.5 Å². The van der Waals surface area contributed by atoms with Crippen molar-refractivity contribution in [3.05, 3.63) is 54.9 Å². The van der Waals surface area contributed by atoms with Gasteiger partial charge in [-0.2, -0.15) is 4.98 Å². The molecule has 1 fully saturated rings. The number of hydrogen-bond acceptors (Lipinski definition) is 9. The Labute approximate surface area is 227 Å². The minimum atomic E-state index is 0.202. The summed E-state index contributed by atoms with van der Waals surface area (Å²) in [6.07, 6.45) is 3.43. The van der Waals surface area contributed by atoms with Gasteiger partial charge in [0.15, 0.2) is 10.9 Å². The van der Waals surface area contributed by atoms with E-state index in [0.29, 0.717) is 28.2 Å². The normalized spacial score (nSPS) is 15.6. The van der Waals surface area contributed by atoms with Crippen molar-refractivity contribution in [1.29, 1.82) is 0 Å². The molecular formula is C27H30N8O2S. The van der Waals surface area contributed by atoms with Gasteiger partial charge in [-0.3, -0.25) is 4.98 Å². The smallest absolute Gasteiger partial charge is 0.319 e. The van der Waals surface area contributed by atoms with E-state index in [0.717, 1.165) is 42.0 Å². The third-order valence-corrected chi connectivity index (χ3v) is 7.03. The molecule has 1 aliphatic heterocycles. The molecule has 38 heavy (non-hydrogen) atoms. The van der Waals surface area contributed by atoms with E-state index in [1.165, 1.54) is 7.11 Å². The number of nitrogens with zero attached hydrogens (tertiary/aromatic N) is 7. The largest absolute Gasteiger partial charge is 0.480 e. The average molecular weight is 531 g/mol. The summed E-state index contributed by atoms with van der Waals surface area (Å²) in [4.78, 5) is 17.4. The van der Waals surface area contributed by atoms with Gasteiger partial charge < -0.3 is 24.6 Å². The molecule has 1 saturated heterocycles. The molecule has 1 aromatic carbocycles. The Hall–Kier alpha value is -4.12. The number of anilines is 2. The first-order chi connectivity index (χ1) is 18.5. The van der Waals surface area contributed by atoms with E-state index < -0.39 is 0 Å². The maximum absolute atomic E-state index is 5.90. The molecule has 0 radical (unpaired) electrons. The molecule has 10 nitrogen and oxygen atoms in total. The topological polar surface area (TPSA) is 101 Å². The first-order valence-electron chi connectivity index (χ1n) is 12.4. The molecular weight excluding hydrogens is 500 g/mol. The van der Waals surface area contributed by atoms with Gasteiger partial charge in [-0.15, -0.1) is 10.2 Å². The lowest BCUT2D eigenvalue weighted by atomic mass is 10.00. The van der Waals surface area contributed by atoms with Crippen LogP contribution < -0.4 is 19.7 Å². The molecule has 0 spiro atoms. The van der Waals surface area contributed by atoms with Crippen LogP contribution in [0, 0.1) is 5.92 Å². The second-order valence-corrected chi connectivity index (χ2v) is 9.70. The molecule has 4 aromatic rings. The SMILES string of the molecule is COc1ncc(-c2ccc(N3CCN(C(=S)Nc4cccc5ncccc45)C(C(C)C)C3)nn2)c(OC)n1. The highest BCUT2D eigenvalue weighted by molar-refractivity contribution is 7.80. The van der Waals surface area contributed by atoms with E-state index in [4.69, 9.17) is 21.7 Å². The zero-order valence-electron chi connectivity index (χ0n) is 21.8. The first kappa shape index (κ1) is 25.5. The minimum absolute atomic E-state index is 0.202.